The molecule has 13 heavy (non-hydrogen) atoms. The first-order valence-electron chi connectivity index (χ1n) is 4.42. The summed E-state index contributed by atoms with van der Waals surface area (Å²) in [5.74, 6) is -0.252. The third kappa shape index (κ3) is 1.65. The minimum absolute atomic E-state index is 0.252. The monoisotopic (exact) mass is 181 g/mol. The first-order chi connectivity index (χ1) is 6.27. The van der Waals surface area contributed by atoms with E-state index in [0.717, 1.165) is 30.6 Å². The molecule has 2 nitrogen and oxygen atoms in total. The van der Waals surface area contributed by atoms with Gasteiger partial charge in [0.25, 0.3) is 0 Å². The molecule has 0 spiro atoms. The second-order valence-corrected chi connectivity index (χ2v) is 3.29. The Bertz CT molecular complexity index is 325. The number of hydrogen-bond donors (Lipinski definition) is 1. The van der Waals surface area contributed by atoms with Gasteiger partial charge in [0, 0.05) is 17.9 Å². The molecule has 0 bridgehead atoms. The van der Waals surface area contributed by atoms with Gasteiger partial charge in [-0.25, -0.2) is 4.39 Å². The Morgan fingerprint density at radius 1 is 1.38 bits per heavy atom. The lowest BCUT2D eigenvalue weighted by Gasteiger charge is -2.08. The Balaban J connectivity index is 2.47. The van der Waals surface area contributed by atoms with Crippen molar-refractivity contribution in [3.8, 4) is 0 Å². The molecular formula is C10H12FNO. The Hall–Kier alpha value is -1.09. The third-order valence-electron chi connectivity index (χ3n) is 2.32. The van der Waals surface area contributed by atoms with Crippen LogP contribution in [0, 0.1) is 5.82 Å². The highest BCUT2D eigenvalue weighted by atomic mass is 19.1. The lowest BCUT2D eigenvalue weighted by Crippen LogP contribution is -2.00. The number of fused-ring (bicyclic) bond motifs is 1. The van der Waals surface area contributed by atoms with Crippen LogP contribution in [0.15, 0.2) is 12.1 Å². The fraction of sp³-hybridized carbons (Fsp3) is 0.400. The first kappa shape index (κ1) is 8.51. The number of rotatable bonds is 0. The zero-order chi connectivity index (χ0) is 9.26. The molecule has 0 fully saturated rings. The predicted molar refractivity (Wildman–Crippen MR) is 48.8 cm³/mol. The maximum atomic E-state index is 13.0. The molecule has 0 atom stereocenters. The maximum Gasteiger partial charge on any atom is 0.125 e. The van der Waals surface area contributed by atoms with Gasteiger partial charge in [-0.2, -0.15) is 0 Å². The van der Waals surface area contributed by atoms with Gasteiger partial charge in [-0.05, 0) is 30.5 Å². The van der Waals surface area contributed by atoms with Gasteiger partial charge < -0.3 is 10.5 Å². The summed E-state index contributed by atoms with van der Waals surface area (Å²) in [6.07, 6.45) is 1.80. The van der Waals surface area contributed by atoms with Gasteiger partial charge in [0.15, 0.2) is 0 Å². The van der Waals surface area contributed by atoms with Crippen molar-refractivity contribution in [1.82, 2.24) is 0 Å². The van der Waals surface area contributed by atoms with Gasteiger partial charge in [0.05, 0.1) is 6.61 Å². The van der Waals surface area contributed by atoms with Crippen molar-refractivity contribution in [3.05, 3.63) is 29.1 Å². The molecule has 0 saturated carbocycles. The summed E-state index contributed by atoms with van der Waals surface area (Å²) in [5, 5.41) is 0. The molecule has 0 radical (unpaired) electrons. The number of nitrogen functional groups attached to an aromatic ring is 1. The average Bonchev–Trinajstić information content (AvgIpc) is 2.28. The normalized spacial score (nSPS) is 16.4. The SMILES string of the molecule is Nc1cc(F)cc2c1COCCC2. The van der Waals surface area contributed by atoms with E-state index in [1.54, 1.807) is 6.07 Å². The van der Waals surface area contributed by atoms with Gasteiger partial charge in [0.2, 0.25) is 0 Å². The lowest BCUT2D eigenvalue weighted by atomic mass is 10.0. The van der Waals surface area contributed by atoms with Crippen LogP contribution in [0.2, 0.25) is 0 Å². The van der Waals surface area contributed by atoms with Crippen LogP contribution in [-0.2, 0) is 17.8 Å². The van der Waals surface area contributed by atoms with Crippen LogP contribution >= 0.6 is 0 Å². The summed E-state index contributed by atoms with van der Waals surface area (Å²) in [6.45, 7) is 1.25. The van der Waals surface area contributed by atoms with E-state index in [1.807, 2.05) is 0 Å². The van der Waals surface area contributed by atoms with E-state index in [4.69, 9.17) is 10.5 Å². The summed E-state index contributed by atoms with van der Waals surface area (Å²) < 4.78 is 18.3. The van der Waals surface area contributed by atoms with Crippen LogP contribution in [0.3, 0.4) is 0 Å². The molecule has 2 N–H and O–H groups in total. The zero-order valence-electron chi connectivity index (χ0n) is 7.35. The fourth-order valence-electron chi connectivity index (χ4n) is 1.65. The molecular weight excluding hydrogens is 169 g/mol. The van der Waals surface area contributed by atoms with Crippen LogP contribution in [0.4, 0.5) is 10.1 Å². The second-order valence-electron chi connectivity index (χ2n) is 3.29. The molecule has 1 aliphatic rings. The molecule has 0 amide bonds. The van der Waals surface area contributed by atoms with Crippen molar-refractivity contribution in [2.45, 2.75) is 19.4 Å². The Labute approximate surface area is 76.5 Å². The van der Waals surface area contributed by atoms with E-state index in [-0.39, 0.29) is 5.82 Å². The topological polar surface area (TPSA) is 35.2 Å². The van der Waals surface area contributed by atoms with E-state index in [9.17, 15) is 4.39 Å². The minimum atomic E-state index is -0.252. The third-order valence-corrected chi connectivity index (χ3v) is 2.32. The Morgan fingerprint density at radius 2 is 2.23 bits per heavy atom. The average molecular weight is 181 g/mol. The number of aryl methyl sites for hydroxylation is 1. The highest BCUT2D eigenvalue weighted by Gasteiger charge is 2.12. The Kier molecular flexibility index (Phi) is 2.19. The quantitative estimate of drug-likeness (QED) is 0.620. The molecule has 3 heteroatoms. The van der Waals surface area contributed by atoms with Crippen molar-refractivity contribution >= 4 is 5.69 Å². The van der Waals surface area contributed by atoms with Crippen molar-refractivity contribution < 1.29 is 9.13 Å². The molecule has 0 unspecified atom stereocenters. The van der Waals surface area contributed by atoms with Crippen molar-refractivity contribution in [2.75, 3.05) is 12.3 Å². The molecule has 0 saturated heterocycles. The number of anilines is 1. The van der Waals surface area contributed by atoms with E-state index >= 15 is 0 Å². The highest BCUT2D eigenvalue weighted by molar-refractivity contribution is 5.51. The van der Waals surface area contributed by atoms with Crippen molar-refractivity contribution in [3.63, 3.8) is 0 Å². The highest BCUT2D eigenvalue weighted by Crippen LogP contribution is 2.23. The standard InChI is InChI=1S/C10H12FNO/c11-8-4-7-2-1-3-13-6-9(7)10(12)5-8/h4-5H,1-3,6,12H2. The molecule has 2 rings (SSSR count). The van der Waals surface area contributed by atoms with Crippen LogP contribution in [0.25, 0.3) is 0 Å². The lowest BCUT2D eigenvalue weighted by molar-refractivity contribution is 0.125. The number of halogens is 1. The summed E-state index contributed by atoms with van der Waals surface area (Å²) >= 11 is 0. The van der Waals surface area contributed by atoms with Crippen molar-refractivity contribution in [1.29, 1.82) is 0 Å². The molecule has 1 aromatic carbocycles. The number of ether oxygens (including phenoxy) is 1. The van der Waals surface area contributed by atoms with Crippen LogP contribution in [0.1, 0.15) is 17.5 Å². The van der Waals surface area contributed by atoms with E-state index in [0.29, 0.717) is 12.3 Å². The molecule has 1 aliphatic heterocycles. The summed E-state index contributed by atoms with van der Waals surface area (Å²) in [5.41, 5.74) is 8.16. The smallest absolute Gasteiger partial charge is 0.125 e. The van der Waals surface area contributed by atoms with Gasteiger partial charge in [-0.15, -0.1) is 0 Å². The van der Waals surface area contributed by atoms with Crippen molar-refractivity contribution in [2.24, 2.45) is 0 Å². The Morgan fingerprint density at radius 3 is 3.08 bits per heavy atom. The molecule has 70 valence electrons. The summed E-state index contributed by atoms with van der Waals surface area (Å²) in [6, 6.07) is 2.91. The van der Waals surface area contributed by atoms with Gasteiger partial charge in [-0.3, -0.25) is 0 Å². The number of nitrogens with two attached hydrogens (primary N) is 1. The van der Waals surface area contributed by atoms with E-state index in [2.05, 4.69) is 0 Å². The fourth-order valence-corrected chi connectivity index (χ4v) is 1.65. The number of hydrogen-bond acceptors (Lipinski definition) is 2. The molecule has 0 aliphatic carbocycles. The van der Waals surface area contributed by atoms with Gasteiger partial charge >= 0.3 is 0 Å². The second kappa shape index (κ2) is 3.34. The maximum absolute atomic E-state index is 13.0. The first-order valence-corrected chi connectivity index (χ1v) is 4.42. The van der Waals surface area contributed by atoms with Crippen LogP contribution in [0.5, 0.6) is 0 Å². The van der Waals surface area contributed by atoms with Gasteiger partial charge in [0.1, 0.15) is 5.82 Å². The molecule has 1 heterocycles. The summed E-state index contributed by atoms with van der Waals surface area (Å²) in [4.78, 5) is 0. The van der Waals surface area contributed by atoms with Gasteiger partial charge in [-0.1, -0.05) is 0 Å². The molecule has 0 aromatic heterocycles. The van der Waals surface area contributed by atoms with Crippen LogP contribution < -0.4 is 5.73 Å². The predicted octanol–water partition coefficient (Wildman–Crippen LogP) is 1.87. The zero-order valence-corrected chi connectivity index (χ0v) is 7.35. The largest absolute Gasteiger partial charge is 0.398 e. The number of benzene rings is 1. The van der Waals surface area contributed by atoms with E-state index < -0.39 is 0 Å². The summed E-state index contributed by atoms with van der Waals surface area (Å²) in [7, 11) is 0. The minimum Gasteiger partial charge on any atom is -0.398 e. The van der Waals surface area contributed by atoms with Crippen LogP contribution in [-0.4, -0.2) is 6.61 Å². The van der Waals surface area contributed by atoms with E-state index in [1.165, 1.54) is 6.07 Å². The molecule has 1 aromatic rings.